The number of rotatable bonds is 3. The topological polar surface area (TPSA) is 56.3 Å². The van der Waals surface area contributed by atoms with E-state index in [-0.39, 0.29) is 5.75 Å². The van der Waals surface area contributed by atoms with Crippen LogP contribution < -0.4 is 4.18 Å². The van der Waals surface area contributed by atoms with Crippen molar-refractivity contribution in [1.82, 2.24) is 4.98 Å². The van der Waals surface area contributed by atoms with Gasteiger partial charge in [0, 0.05) is 6.20 Å². The zero-order chi connectivity index (χ0) is 11.5. The average molecular weight is 241 g/mol. The van der Waals surface area contributed by atoms with E-state index >= 15 is 0 Å². The highest BCUT2D eigenvalue weighted by atomic mass is 32.2. The Kier molecular flexibility index (Phi) is 3.18. The van der Waals surface area contributed by atoms with Gasteiger partial charge in [-0.2, -0.15) is 21.6 Å². The van der Waals surface area contributed by atoms with Crippen molar-refractivity contribution < 1.29 is 25.8 Å². The first-order valence-electron chi connectivity index (χ1n) is 3.67. The molecule has 84 valence electrons. The third-order valence-corrected chi connectivity index (χ3v) is 2.33. The molecule has 0 aliphatic rings. The molecule has 1 heterocycles. The second kappa shape index (κ2) is 4.05. The molecule has 0 spiro atoms. The lowest BCUT2D eigenvalue weighted by molar-refractivity contribution is -0.107. The van der Waals surface area contributed by atoms with Crippen LogP contribution in [0, 0.1) is 0 Å². The van der Waals surface area contributed by atoms with Gasteiger partial charge < -0.3 is 4.18 Å². The maximum atomic E-state index is 11.8. The third-order valence-electron chi connectivity index (χ3n) is 1.20. The van der Waals surface area contributed by atoms with Gasteiger partial charge in [0.25, 0.3) is 0 Å². The number of pyridine rings is 1. The highest BCUT2D eigenvalue weighted by Crippen LogP contribution is 2.19. The smallest absolute Gasteiger partial charge is 0.381 e. The molecule has 0 fully saturated rings. The first-order chi connectivity index (χ1) is 6.79. The zero-order valence-corrected chi connectivity index (χ0v) is 8.05. The standard InChI is InChI=1S/C7H6F3NO3S/c8-7(9,10)5-15(12,13)14-6-2-1-3-11-4-6/h1-4H,5H2. The van der Waals surface area contributed by atoms with Crippen LogP contribution in [0.3, 0.4) is 0 Å². The van der Waals surface area contributed by atoms with E-state index in [2.05, 4.69) is 9.17 Å². The summed E-state index contributed by atoms with van der Waals surface area (Å²) in [5.41, 5.74) is 0. The number of hydrogen-bond donors (Lipinski definition) is 0. The van der Waals surface area contributed by atoms with Gasteiger partial charge in [0.15, 0.2) is 11.5 Å². The second-order valence-electron chi connectivity index (χ2n) is 2.59. The molecule has 0 bridgehead atoms. The van der Waals surface area contributed by atoms with Crippen molar-refractivity contribution in [3.05, 3.63) is 24.5 Å². The Balaban J connectivity index is 2.74. The van der Waals surface area contributed by atoms with Crippen LogP contribution >= 0.6 is 0 Å². The predicted octanol–water partition coefficient (Wildman–Crippen LogP) is 1.35. The summed E-state index contributed by atoms with van der Waals surface area (Å²) in [6, 6.07) is 2.54. The van der Waals surface area contributed by atoms with Crippen LogP contribution in [0.1, 0.15) is 0 Å². The molecular weight excluding hydrogens is 235 g/mol. The summed E-state index contributed by atoms with van der Waals surface area (Å²) in [4.78, 5) is 3.49. The van der Waals surface area contributed by atoms with Gasteiger partial charge in [-0.05, 0) is 12.1 Å². The van der Waals surface area contributed by atoms with E-state index < -0.39 is 22.0 Å². The molecule has 0 unspecified atom stereocenters. The molecule has 0 radical (unpaired) electrons. The lowest BCUT2D eigenvalue weighted by atomic mass is 10.5. The molecule has 1 aromatic heterocycles. The van der Waals surface area contributed by atoms with Crippen molar-refractivity contribution in [2.75, 3.05) is 5.75 Å². The molecule has 0 N–H and O–H groups in total. The summed E-state index contributed by atoms with van der Waals surface area (Å²) in [5.74, 6) is -2.27. The largest absolute Gasteiger partial charge is 0.406 e. The van der Waals surface area contributed by atoms with Crippen molar-refractivity contribution in [2.45, 2.75) is 6.18 Å². The van der Waals surface area contributed by atoms with Crippen LogP contribution in [0.5, 0.6) is 5.75 Å². The lowest BCUT2D eigenvalue weighted by Gasteiger charge is -2.08. The van der Waals surface area contributed by atoms with E-state index in [1.54, 1.807) is 0 Å². The van der Waals surface area contributed by atoms with Crippen molar-refractivity contribution in [3.8, 4) is 5.75 Å². The first-order valence-corrected chi connectivity index (χ1v) is 5.25. The monoisotopic (exact) mass is 241 g/mol. The SMILES string of the molecule is O=S(=O)(CC(F)(F)F)Oc1cccnc1. The van der Waals surface area contributed by atoms with Crippen molar-refractivity contribution in [1.29, 1.82) is 0 Å². The predicted molar refractivity (Wildman–Crippen MR) is 44.7 cm³/mol. The van der Waals surface area contributed by atoms with Crippen molar-refractivity contribution in [3.63, 3.8) is 0 Å². The summed E-state index contributed by atoms with van der Waals surface area (Å²) < 4.78 is 61.2. The molecule has 0 saturated carbocycles. The van der Waals surface area contributed by atoms with Crippen LogP contribution in [-0.2, 0) is 10.1 Å². The molecular formula is C7H6F3NO3S. The summed E-state index contributed by atoms with van der Waals surface area (Å²) >= 11 is 0. The van der Waals surface area contributed by atoms with Gasteiger partial charge in [-0.3, -0.25) is 4.98 Å². The van der Waals surface area contributed by atoms with Crippen LogP contribution in [-0.4, -0.2) is 25.3 Å². The highest BCUT2D eigenvalue weighted by Gasteiger charge is 2.36. The summed E-state index contributed by atoms with van der Waals surface area (Å²) in [5, 5.41) is 0. The molecule has 0 saturated heterocycles. The number of aromatic nitrogens is 1. The van der Waals surface area contributed by atoms with Crippen LogP contribution in [0.2, 0.25) is 0 Å². The molecule has 0 aliphatic heterocycles. The molecule has 0 amide bonds. The normalized spacial score (nSPS) is 12.5. The van der Waals surface area contributed by atoms with Gasteiger partial charge in [0.05, 0.1) is 6.20 Å². The minimum atomic E-state index is -4.82. The fraction of sp³-hybridized carbons (Fsp3) is 0.286. The number of alkyl halides is 3. The van der Waals surface area contributed by atoms with E-state index in [1.165, 1.54) is 18.3 Å². The van der Waals surface area contributed by atoms with Crippen LogP contribution in [0.25, 0.3) is 0 Å². The third kappa shape index (κ3) is 4.63. The summed E-state index contributed by atoms with van der Waals surface area (Å²) in [6.07, 6.45) is -2.47. The Hall–Kier alpha value is -1.31. The van der Waals surface area contributed by atoms with Crippen LogP contribution in [0.4, 0.5) is 13.2 Å². The maximum absolute atomic E-state index is 11.8. The Morgan fingerprint density at radius 1 is 1.40 bits per heavy atom. The number of halogens is 3. The zero-order valence-electron chi connectivity index (χ0n) is 7.23. The summed E-state index contributed by atoms with van der Waals surface area (Å²) in [6.45, 7) is 0. The Bertz CT molecular complexity index is 415. The lowest BCUT2D eigenvalue weighted by Crippen LogP contribution is -2.26. The van der Waals surface area contributed by atoms with E-state index in [9.17, 15) is 21.6 Å². The quantitative estimate of drug-likeness (QED) is 0.749. The Morgan fingerprint density at radius 2 is 2.07 bits per heavy atom. The number of nitrogens with zero attached hydrogens (tertiary/aromatic N) is 1. The minimum absolute atomic E-state index is 0.248. The molecule has 1 aromatic rings. The molecule has 0 atom stereocenters. The fourth-order valence-corrected chi connectivity index (χ4v) is 1.62. The number of hydrogen-bond acceptors (Lipinski definition) is 4. The van der Waals surface area contributed by atoms with Gasteiger partial charge in [0.2, 0.25) is 0 Å². The molecule has 4 nitrogen and oxygen atoms in total. The average Bonchev–Trinajstić information content (AvgIpc) is 1.99. The molecule has 0 aromatic carbocycles. The van der Waals surface area contributed by atoms with E-state index in [1.807, 2.05) is 0 Å². The highest BCUT2D eigenvalue weighted by molar-refractivity contribution is 7.87. The van der Waals surface area contributed by atoms with E-state index in [0.29, 0.717) is 0 Å². The maximum Gasteiger partial charge on any atom is 0.406 e. The van der Waals surface area contributed by atoms with Gasteiger partial charge in [-0.15, -0.1) is 0 Å². The summed E-state index contributed by atoms with van der Waals surface area (Å²) in [7, 11) is -4.66. The Morgan fingerprint density at radius 3 is 2.53 bits per heavy atom. The van der Waals surface area contributed by atoms with Gasteiger partial charge in [-0.25, -0.2) is 0 Å². The molecule has 1 rings (SSSR count). The second-order valence-corrected chi connectivity index (χ2v) is 4.16. The van der Waals surface area contributed by atoms with E-state index in [0.717, 1.165) is 6.20 Å². The van der Waals surface area contributed by atoms with Gasteiger partial charge >= 0.3 is 16.3 Å². The van der Waals surface area contributed by atoms with Crippen molar-refractivity contribution in [2.24, 2.45) is 0 Å². The fourth-order valence-electron chi connectivity index (χ4n) is 0.773. The first kappa shape index (κ1) is 11.8. The van der Waals surface area contributed by atoms with Gasteiger partial charge in [0.1, 0.15) is 0 Å². The molecule has 0 aliphatic carbocycles. The molecule has 8 heteroatoms. The van der Waals surface area contributed by atoms with Crippen LogP contribution in [0.15, 0.2) is 24.5 Å². The van der Waals surface area contributed by atoms with Gasteiger partial charge in [-0.1, -0.05) is 0 Å². The van der Waals surface area contributed by atoms with Crippen molar-refractivity contribution >= 4 is 10.1 Å². The minimum Gasteiger partial charge on any atom is -0.381 e. The van der Waals surface area contributed by atoms with E-state index in [4.69, 9.17) is 0 Å². The Labute approximate surface area is 83.8 Å². The molecule has 15 heavy (non-hydrogen) atoms.